The van der Waals surface area contributed by atoms with Gasteiger partial charge in [-0.1, -0.05) is 0 Å². The van der Waals surface area contributed by atoms with Gasteiger partial charge >= 0.3 is 5.97 Å². The summed E-state index contributed by atoms with van der Waals surface area (Å²) in [5.74, 6) is -1.06. The summed E-state index contributed by atoms with van der Waals surface area (Å²) < 4.78 is 1.11. The number of aromatic carboxylic acids is 1. The van der Waals surface area contributed by atoms with Crippen molar-refractivity contribution in [1.29, 1.82) is 0 Å². The van der Waals surface area contributed by atoms with Crippen molar-refractivity contribution in [3.8, 4) is 11.3 Å². The summed E-state index contributed by atoms with van der Waals surface area (Å²) >= 11 is 5.86. The van der Waals surface area contributed by atoms with E-state index in [1.807, 2.05) is 6.07 Å². The topological polar surface area (TPSA) is 55.1 Å². The van der Waals surface area contributed by atoms with Gasteiger partial charge in [-0.05, 0) is 24.3 Å². The molecule has 4 nitrogen and oxygen atoms in total. The van der Waals surface area contributed by atoms with E-state index in [4.69, 9.17) is 16.9 Å². The molecule has 0 saturated carbocycles. The molecule has 0 fully saturated rings. The second-order valence-electron chi connectivity index (χ2n) is 2.93. The molecule has 2 rings (SSSR count). The Kier molecular flexibility index (Phi) is 2.43. The fraction of sp³-hybridized carbons (Fsp3) is 0. The van der Waals surface area contributed by atoms with E-state index in [1.54, 1.807) is 24.5 Å². The third-order valence-corrected chi connectivity index (χ3v) is 2.36. The Morgan fingerprint density at radius 1 is 1.40 bits per heavy atom. The first-order chi connectivity index (χ1) is 7.20. The number of carboxylic acids is 1. The molecular weight excluding hydrogens is 216 g/mol. The smallest absolute Gasteiger partial charge is 0.353 e. The van der Waals surface area contributed by atoms with Gasteiger partial charge in [0.15, 0.2) is 0 Å². The lowest BCUT2D eigenvalue weighted by molar-refractivity contribution is 0.0690. The molecule has 0 aromatic carbocycles. The number of pyridine rings is 1. The summed E-state index contributed by atoms with van der Waals surface area (Å²) in [5.41, 5.74) is 1.43. The largest absolute Gasteiger partial charge is 0.477 e. The molecule has 1 N–H and O–H groups in total. The number of hydrogen-bond acceptors (Lipinski definition) is 2. The molecular formula is C10H7ClN2O2. The van der Waals surface area contributed by atoms with Crippen molar-refractivity contribution in [2.75, 3.05) is 0 Å². The van der Waals surface area contributed by atoms with Gasteiger partial charge in [0, 0.05) is 29.7 Å². The summed E-state index contributed by atoms with van der Waals surface area (Å²) in [7, 11) is 0. The molecule has 2 aromatic heterocycles. The van der Waals surface area contributed by atoms with Crippen molar-refractivity contribution in [3.63, 3.8) is 0 Å². The Morgan fingerprint density at radius 2 is 2.20 bits per heavy atom. The normalized spacial score (nSPS) is 10.2. The van der Waals surface area contributed by atoms with E-state index in [-0.39, 0.29) is 5.69 Å². The molecule has 0 spiro atoms. The van der Waals surface area contributed by atoms with Crippen LogP contribution in [0.4, 0.5) is 0 Å². The van der Waals surface area contributed by atoms with Crippen LogP contribution in [0.5, 0.6) is 0 Å². The fourth-order valence-electron chi connectivity index (χ4n) is 1.30. The lowest BCUT2D eigenvalue weighted by Gasteiger charge is -2.01. The number of rotatable bonds is 2. The Labute approximate surface area is 90.9 Å². The second-order valence-corrected chi connectivity index (χ2v) is 3.27. The average molecular weight is 223 g/mol. The van der Waals surface area contributed by atoms with E-state index in [2.05, 4.69) is 4.98 Å². The molecule has 0 unspecified atom stereocenters. The Bertz CT molecular complexity index is 493. The van der Waals surface area contributed by atoms with Crippen molar-refractivity contribution < 1.29 is 9.90 Å². The first-order valence-corrected chi connectivity index (χ1v) is 4.55. The van der Waals surface area contributed by atoms with Crippen LogP contribution in [0.2, 0.25) is 0 Å². The highest BCUT2D eigenvalue weighted by molar-refractivity contribution is 6.19. The minimum absolute atomic E-state index is 0.0375. The van der Waals surface area contributed by atoms with Crippen molar-refractivity contribution in [3.05, 3.63) is 42.4 Å². The van der Waals surface area contributed by atoms with E-state index in [1.165, 1.54) is 6.07 Å². The Balaban J connectivity index is 2.52. The zero-order valence-corrected chi connectivity index (χ0v) is 8.35. The van der Waals surface area contributed by atoms with Crippen molar-refractivity contribution in [2.45, 2.75) is 0 Å². The van der Waals surface area contributed by atoms with Gasteiger partial charge in [-0.2, -0.15) is 0 Å². The monoisotopic (exact) mass is 222 g/mol. The van der Waals surface area contributed by atoms with E-state index in [9.17, 15) is 4.79 Å². The number of nitrogens with zero attached hydrogens (tertiary/aromatic N) is 2. The molecule has 2 heterocycles. The number of aromatic nitrogens is 2. The molecule has 0 aliphatic heterocycles. The Morgan fingerprint density at radius 3 is 2.73 bits per heavy atom. The molecule has 2 aromatic rings. The summed E-state index contributed by atoms with van der Waals surface area (Å²) in [4.78, 5) is 14.7. The van der Waals surface area contributed by atoms with Crippen molar-refractivity contribution in [2.24, 2.45) is 0 Å². The zero-order chi connectivity index (χ0) is 10.8. The van der Waals surface area contributed by atoms with Crippen LogP contribution in [-0.4, -0.2) is 20.1 Å². The maximum atomic E-state index is 10.7. The maximum absolute atomic E-state index is 10.7. The van der Waals surface area contributed by atoms with Crippen LogP contribution < -0.4 is 0 Å². The molecule has 5 heteroatoms. The van der Waals surface area contributed by atoms with E-state index in [0.29, 0.717) is 5.69 Å². The quantitative estimate of drug-likeness (QED) is 0.848. The van der Waals surface area contributed by atoms with E-state index < -0.39 is 5.97 Å². The minimum atomic E-state index is -1.06. The number of hydrogen-bond donors (Lipinski definition) is 1. The van der Waals surface area contributed by atoms with Crippen LogP contribution >= 0.6 is 11.8 Å². The van der Waals surface area contributed by atoms with Gasteiger partial charge in [-0.3, -0.25) is 4.98 Å². The molecule has 0 aliphatic rings. The third kappa shape index (κ3) is 1.71. The SMILES string of the molecule is O=C(O)c1ccc(-c2cccnc2)n1Cl. The average Bonchev–Trinajstić information content (AvgIpc) is 2.61. The zero-order valence-electron chi connectivity index (χ0n) is 7.59. The highest BCUT2D eigenvalue weighted by atomic mass is 35.5. The van der Waals surface area contributed by atoms with Crippen LogP contribution in [0.1, 0.15) is 10.5 Å². The Hall–Kier alpha value is -1.81. The molecule has 0 aliphatic carbocycles. The molecule has 0 saturated heterocycles. The van der Waals surface area contributed by atoms with Crippen LogP contribution in [0, 0.1) is 0 Å². The molecule has 76 valence electrons. The van der Waals surface area contributed by atoms with Crippen LogP contribution in [0.3, 0.4) is 0 Å². The van der Waals surface area contributed by atoms with Gasteiger partial charge in [-0.25, -0.2) is 8.88 Å². The third-order valence-electron chi connectivity index (χ3n) is 2.00. The standard InChI is InChI=1S/C10H7ClN2O2/c11-13-8(3-4-9(13)10(14)15)7-2-1-5-12-6-7/h1-6H,(H,14,15). The van der Waals surface area contributed by atoms with Crippen molar-refractivity contribution in [1.82, 2.24) is 9.07 Å². The molecule has 0 bridgehead atoms. The first kappa shape index (κ1) is 9.73. The highest BCUT2D eigenvalue weighted by Gasteiger charge is 2.13. The summed E-state index contributed by atoms with van der Waals surface area (Å²) in [6.45, 7) is 0. The summed E-state index contributed by atoms with van der Waals surface area (Å²) in [5, 5.41) is 8.80. The summed E-state index contributed by atoms with van der Waals surface area (Å²) in [6.07, 6.45) is 3.27. The number of halogens is 1. The maximum Gasteiger partial charge on any atom is 0.353 e. The molecule has 0 radical (unpaired) electrons. The molecule has 15 heavy (non-hydrogen) atoms. The molecule has 0 amide bonds. The number of carbonyl (C=O) groups is 1. The first-order valence-electron chi connectivity index (χ1n) is 4.22. The molecule has 0 atom stereocenters. The van der Waals surface area contributed by atoms with Crippen LogP contribution in [-0.2, 0) is 0 Å². The van der Waals surface area contributed by atoms with Gasteiger partial charge < -0.3 is 5.11 Å². The lowest BCUT2D eigenvalue weighted by atomic mass is 10.2. The van der Waals surface area contributed by atoms with Crippen LogP contribution in [0.15, 0.2) is 36.7 Å². The van der Waals surface area contributed by atoms with Gasteiger partial charge in [0.05, 0.1) is 5.69 Å². The van der Waals surface area contributed by atoms with E-state index in [0.717, 1.165) is 9.65 Å². The lowest BCUT2D eigenvalue weighted by Crippen LogP contribution is -2.01. The van der Waals surface area contributed by atoms with Gasteiger partial charge in [0.2, 0.25) is 0 Å². The fourth-order valence-corrected chi connectivity index (χ4v) is 1.58. The summed E-state index contributed by atoms with van der Waals surface area (Å²) in [6, 6.07) is 6.68. The minimum Gasteiger partial charge on any atom is -0.477 e. The van der Waals surface area contributed by atoms with Gasteiger partial charge in [-0.15, -0.1) is 0 Å². The second kappa shape index (κ2) is 3.74. The van der Waals surface area contributed by atoms with Crippen molar-refractivity contribution >= 4 is 17.7 Å². The van der Waals surface area contributed by atoms with Crippen LogP contribution in [0.25, 0.3) is 11.3 Å². The van der Waals surface area contributed by atoms with Gasteiger partial charge in [0.25, 0.3) is 0 Å². The predicted octanol–water partition coefficient (Wildman–Crippen LogP) is 2.25. The highest BCUT2D eigenvalue weighted by Crippen LogP contribution is 2.22. The van der Waals surface area contributed by atoms with E-state index >= 15 is 0 Å². The number of carboxylic acid groups (broad SMARTS) is 1. The predicted molar refractivity (Wildman–Crippen MR) is 55.9 cm³/mol. The van der Waals surface area contributed by atoms with Gasteiger partial charge in [0.1, 0.15) is 5.69 Å².